The number of H-pyrrole nitrogens is 1. The first-order valence-corrected chi connectivity index (χ1v) is 6.77. The van der Waals surface area contributed by atoms with Crippen LogP contribution in [0.3, 0.4) is 0 Å². The number of fused-ring (bicyclic) bond motifs is 4. The molecule has 3 heterocycles. The highest BCUT2D eigenvalue weighted by Gasteiger charge is 2.55. The minimum Gasteiger partial charge on any atom is -0.314 e. The number of aromatic nitrogens is 2. The zero-order valence-electron chi connectivity index (χ0n) is 11.7. The molecule has 1 spiro atoms. The van der Waals surface area contributed by atoms with Gasteiger partial charge in [-0.15, -0.1) is 0 Å². The summed E-state index contributed by atoms with van der Waals surface area (Å²) in [6.45, 7) is 1.98. The van der Waals surface area contributed by atoms with Crippen molar-refractivity contribution >= 4 is 23.3 Å². The highest BCUT2D eigenvalue weighted by atomic mass is 16.2. The molecule has 2 amide bonds. The summed E-state index contributed by atoms with van der Waals surface area (Å²) in [6, 6.07) is 5.90. The van der Waals surface area contributed by atoms with Gasteiger partial charge < -0.3 is 10.2 Å². The van der Waals surface area contributed by atoms with E-state index < -0.39 is 5.41 Å². The van der Waals surface area contributed by atoms with E-state index in [9.17, 15) is 9.59 Å². The number of aryl methyl sites for hydroxylation is 1. The van der Waals surface area contributed by atoms with Crippen LogP contribution in [0.15, 0.2) is 24.4 Å². The van der Waals surface area contributed by atoms with E-state index in [-0.39, 0.29) is 18.2 Å². The van der Waals surface area contributed by atoms with Crippen LogP contribution in [0.1, 0.15) is 23.1 Å². The maximum absolute atomic E-state index is 13.0. The molecular formula is C15H14N4O2. The lowest BCUT2D eigenvalue weighted by Crippen LogP contribution is -2.45. The van der Waals surface area contributed by atoms with Gasteiger partial charge in [-0.3, -0.25) is 14.7 Å². The van der Waals surface area contributed by atoms with Crippen LogP contribution in [0.4, 0.5) is 11.5 Å². The summed E-state index contributed by atoms with van der Waals surface area (Å²) >= 11 is 0. The molecule has 2 aliphatic heterocycles. The van der Waals surface area contributed by atoms with Crippen LogP contribution >= 0.6 is 0 Å². The van der Waals surface area contributed by atoms with Crippen LogP contribution in [0.5, 0.6) is 0 Å². The zero-order chi connectivity index (χ0) is 14.8. The first kappa shape index (κ1) is 12.1. The van der Waals surface area contributed by atoms with E-state index in [0.29, 0.717) is 5.82 Å². The molecule has 2 N–H and O–H groups in total. The minimum absolute atomic E-state index is 0.0828. The molecule has 0 aliphatic carbocycles. The van der Waals surface area contributed by atoms with Crippen LogP contribution in [-0.4, -0.2) is 29.1 Å². The lowest BCUT2D eigenvalue weighted by atomic mass is 9.71. The van der Waals surface area contributed by atoms with Crippen LogP contribution in [-0.2, 0) is 15.0 Å². The lowest BCUT2D eigenvalue weighted by Gasteiger charge is -2.31. The second-order valence-corrected chi connectivity index (χ2v) is 5.67. The molecule has 6 nitrogen and oxygen atoms in total. The molecule has 2 aliphatic rings. The molecule has 6 heteroatoms. The van der Waals surface area contributed by atoms with Gasteiger partial charge in [0.25, 0.3) is 0 Å². The van der Waals surface area contributed by atoms with Gasteiger partial charge in [-0.25, -0.2) is 0 Å². The third-order valence-corrected chi connectivity index (χ3v) is 4.43. The highest BCUT2D eigenvalue weighted by Crippen LogP contribution is 2.51. The summed E-state index contributed by atoms with van der Waals surface area (Å²) in [4.78, 5) is 26.7. The van der Waals surface area contributed by atoms with Gasteiger partial charge >= 0.3 is 0 Å². The molecule has 0 radical (unpaired) electrons. The number of nitrogens with zero attached hydrogens (tertiary/aromatic N) is 2. The Morgan fingerprint density at radius 3 is 2.90 bits per heavy atom. The van der Waals surface area contributed by atoms with Gasteiger partial charge in [0.05, 0.1) is 6.20 Å². The Morgan fingerprint density at radius 2 is 2.10 bits per heavy atom. The van der Waals surface area contributed by atoms with Gasteiger partial charge in [0.1, 0.15) is 11.2 Å². The molecule has 0 fully saturated rings. The van der Waals surface area contributed by atoms with Crippen molar-refractivity contribution in [1.29, 1.82) is 0 Å². The fraction of sp³-hybridized carbons (Fsp3) is 0.267. The number of anilines is 2. The molecule has 0 bridgehead atoms. The summed E-state index contributed by atoms with van der Waals surface area (Å²) < 4.78 is 0. The molecular weight excluding hydrogens is 268 g/mol. The van der Waals surface area contributed by atoms with E-state index in [4.69, 9.17) is 0 Å². The standard InChI is InChI=1S/C15H14N4O2/c1-8-3-4-11-9(5-8)15(14(21)19(11)2)6-12(20)17-13-10(15)7-16-18-13/h3-5,7H,6H2,1-2H3,(H2,16,17,18,20)/t15-/m0/s1. The fourth-order valence-electron chi connectivity index (χ4n) is 3.45. The zero-order valence-corrected chi connectivity index (χ0v) is 11.7. The van der Waals surface area contributed by atoms with Crippen LogP contribution in [0, 0.1) is 6.92 Å². The minimum atomic E-state index is -0.958. The van der Waals surface area contributed by atoms with Gasteiger partial charge in [-0.05, 0) is 18.6 Å². The van der Waals surface area contributed by atoms with Crippen LogP contribution < -0.4 is 10.2 Å². The number of hydrogen-bond acceptors (Lipinski definition) is 3. The Bertz CT molecular complexity index is 795. The van der Waals surface area contributed by atoms with Crippen molar-refractivity contribution in [1.82, 2.24) is 10.2 Å². The first-order chi connectivity index (χ1) is 10.0. The summed E-state index contributed by atoms with van der Waals surface area (Å²) in [5.41, 5.74) is 2.58. The maximum Gasteiger partial charge on any atom is 0.242 e. The first-order valence-electron chi connectivity index (χ1n) is 6.77. The number of nitrogens with one attached hydrogen (secondary N) is 2. The topological polar surface area (TPSA) is 78.1 Å². The molecule has 1 aromatic carbocycles. The third-order valence-electron chi connectivity index (χ3n) is 4.43. The smallest absolute Gasteiger partial charge is 0.242 e. The second kappa shape index (κ2) is 3.72. The molecule has 0 unspecified atom stereocenters. The van der Waals surface area contributed by atoms with Gasteiger partial charge in [0.15, 0.2) is 0 Å². The second-order valence-electron chi connectivity index (χ2n) is 5.67. The predicted octanol–water partition coefficient (Wildman–Crippen LogP) is 1.32. The number of benzene rings is 1. The van der Waals surface area contributed by atoms with Crippen LogP contribution in [0.2, 0.25) is 0 Å². The van der Waals surface area contributed by atoms with Gasteiger partial charge in [-0.2, -0.15) is 5.10 Å². The molecule has 1 aromatic heterocycles. The van der Waals surface area contributed by atoms with Gasteiger partial charge in [0, 0.05) is 24.7 Å². The van der Waals surface area contributed by atoms with E-state index >= 15 is 0 Å². The van der Waals surface area contributed by atoms with Crippen molar-refractivity contribution in [2.45, 2.75) is 18.8 Å². The van der Waals surface area contributed by atoms with Gasteiger partial charge in [0.2, 0.25) is 11.8 Å². The van der Waals surface area contributed by atoms with E-state index in [1.807, 2.05) is 25.1 Å². The number of rotatable bonds is 0. The quantitative estimate of drug-likeness (QED) is 0.765. The summed E-state index contributed by atoms with van der Waals surface area (Å²) in [5.74, 6) is 0.255. The monoisotopic (exact) mass is 282 g/mol. The summed E-state index contributed by atoms with van der Waals surface area (Å²) in [7, 11) is 1.75. The normalized spacial score (nSPS) is 23.2. The van der Waals surface area contributed by atoms with E-state index in [0.717, 1.165) is 22.4 Å². The highest BCUT2D eigenvalue weighted by molar-refractivity contribution is 6.15. The predicted molar refractivity (Wildman–Crippen MR) is 77.2 cm³/mol. The SMILES string of the molecule is Cc1ccc2c(c1)[C@]1(CC(=O)Nc3[nH]ncc31)C(=O)N2C. The summed E-state index contributed by atoms with van der Waals surface area (Å²) in [6.07, 6.45) is 1.75. The van der Waals surface area contributed by atoms with E-state index in [1.54, 1.807) is 18.1 Å². The van der Waals surface area contributed by atoms with E-state index in [1.165, 1.54) is 0 Å². The molecule has 4 rings (SSSR count). The number of carbonyl (C=O) groups is 2. The molecule has 21 heavy (non-hydrogen) atoms. The maximum atomic E-state index is 13.0. The lowest BCUT2D eigenvalue weighted by molar-refractivity contribution is -0.126. The molecule has 2 aromatic rings. The number of hydrogen-bond donors (Lipinski definition) is 2. The Hall–Kier alpha value is -2.63. The number of aromatic amines is 1. The van der Waals surface area contributed by atoms with Crippen molar-refractivity contribution in [3.8, 4) is 0 Å². The largest absolute Gasteiger partial charge is 0.314 e. The van der Waals surface area contributed by atoms with E-state index in [2.05, 4.69) is 15.5 Å². The van der Waals surface area contributed by atoms with Crippen molar-refractivity contribution < 1.29 is 9.59 Å². The average Bonchev–Trinajstić information content (AvgIpc) is 2.99. The fourth-order valence-corrected chi connectivity index (χ4v) is 3.45. The average molecular weight is 282 g/mol. The third kappa shape index (κ3) is 1.34. The molecule has 0 saturated carbocycles. The molecule has 0 saturated heterocycles. The number of amides is 2. The molecule has 106 valence electrons. The Kier molecular flexibility index (Phi) is 2.15. The van der Waals surface area contributed by atoms with Crippen molar-refractivity contribution in [3.05, 3.63) is 41.1 Å². The number of carbonyl (C=O) groups excluding carboxylic acids is 2. The Labute approximate surface area is 121 Å². The number of likely N-dealkylation sites (N-methyl/N-ethyl adjacent to an activating group) is 1. The molecule has 1 atom stereocenters. The van der Waals surface area contributed by atoms with Crippen molar-refractivity contribution in [3.63, 3.8) is 0 Å². The van der Waals surface area contributed by atoms with Gasteiger partial charge in [-0.1, -0.05) is 17.7 Å². The summed E-state index contributed by atoms with van der Waals surface area (Å²) in [5, 5.41) is 9.51. The Balaban J connectivity index is 2.08. The van der Waals surface area contributed by atoms with Crippen LogP contribution in [0.25, 0.3) is 0 Å². The Morgan fingerprint density at radius 1 is 1.29 bits per heavy atom. The van der Waals surface area contributed by atoms with Crippen molar-refractivity contribution in [2.75, 3.05) is 17.3 Å². The van der Waals surface area contributed by atoms with Crippen molar-refractivity contribution in [2.24, 2.45) is 0 Å².